The number of hydrogen-bond donors (Lipinski definition) is 0. The van der Waals surface area contributed by atoms with Crippen molar-refractivity contribution in [1.29, 1.82) is 5.26 Å². The summed E-state index contributed by atoms with van der Waals surface area (Å²) < 4.78 is 24.8. The number of aryl methyl sites for hydroxylation is 1. The highest BCUT2D eigenvalue weighted by Crippen LogP contribution is 2.31. The highest BCUT2D eigenvalue weighted by molar-refractivity contribution is 7.91. The van der Waals surface area contributed by atoms with Gasteiger partial charge in [0.2, 0.25) is 0 Å². The lowest BCUT2D eigenvalue weighted by Gasteiger charge is -2.22. The summed E-state index contributed by atoms with van der Waals surface area (Å²) in [4.78, 5) is 4.46. The van der Waals surface area contributed by atoms with E-state index in [-0.39, 0.29) is 0 Å². The van der Waals surface area contributed by atoms with Gasteiger partial charge in [-0.1, -0.05) is 0 Å². The van der Waals surface area contributed by atoms with Crippen molar-refractivity contribution in [3.05, 3.63) is 29.6 Å². The van der Waals surface area contributed by atoms with Crippen molar-refractivity contribution in [2.75, 3.05) is 6.26 Å². The van der Waals surface area contributed by atoms with Crippen LogP contribution in [-0.4, -0.2) is 24.2 Å². The Morgan fingerprint density at radius 1 is 1.40 bits per heavy atom. The van der Waals surface area contributed by atoms with Crippen molar-refractivity contribution in [3.63, 3.8) is 0 Å². The van der Waals surface area contributed by atoms with Gasteiger partial charge in [-0.2, -0.15) is 5.26 Å². The van der Waals surface area contributed by atoms with Gasteiger partial charge in [0.1, 0.15) is 10.6 Å². The molecule has 0 atom stereocenters. The predicted octanol–water partition coefficient (Wildman–Crippen LogP) is 2.21. The summed E-state index contributed by atoms with van der Waals surface area (Å²) in [5, 5.41) is 8.94. The lowest BCUT2D eigenvalue weighted by Crippen LogP contribution is -2.31. The van der Waals surface area contributed by atoms with Gasteiger partial charge in [-0.25, -0.2) is 13.4 Å². The Hall–Kier alpha value is -1.87. The molecule has 0 amide bonds. The minimum absolute atomic E-state index is 0.507. The molecule has 0 radical (unpaired) electrons. The third kappa shape index (κ3) is 2.08. The molecule has 0 aliphatic rings. The summed E-state index contributed by atoms with van der Waals surface area (Å²) >= 11 is 0. The Bertz CT molecular complexity index is 811. The van der Waals surface area contributed by atoms with Crippen LogP contribution in [0.2, 0.25) is 0 Å². The summed E-state index contributed by atoms with van der Waals surface area (Å²) in [5.41, 5.74) is 2.01. The Labute approximate surface area is 118 Å². The number of nitrogens with zero attached hydrogens (tertiary/aromatic N) is 3. The first-order valence-corrected chi connectivity index (χ1v) is 8.22. The monoisotopic (exact) mass is 291 g/mol. The molecule has 2 aromatic rings. The van der Waals surface area contributed by atoms with Crippen molar-refractivity contribution in [2.45, 2.75) is 32.1 Å². The van der Waals surface area contributed by atoms with Crippen LogP contribution >= 0.6 is 0 Å². The van der Waals surface area contributed by atoms with E-state index < -0.39 is 14.6 Å². The predicted molar refractivity (Wildman–Crippen MR) is 78.0 cm³/mol. The average Bonchev–Trinajstić information content (AvgIpc) is 2.75. The molecule has 2 rings (SSSR count). The van der Waals surface area contributed by atoms with Gasteiger partial charge in [0, 0.05) is 12.8 Å². The van der Waals surface area contributed by atoms with Gasteiger partial charge in [0.05, 0.1) is 22.7 Å². The molecule has 6 heteroatoms. The summed E-state index contributed by atoms with van der Waals surface area (Å²) in [6.45, 7) is 5.87. The van der Waals surface area contributed by atoms with E-state index in [1.54, 1.807) is 26.0 Å². The van der Waals surface area contributed by atoms with Crippen LogP contribution in [0.1, 0.15) is 32.2 Å². The lowest BCUT2D eigenvalue weighted by atomic mass is 10.2. The van der Waals surface area contributed by atoms with Crippen LogP contribution in [0.4, 0.5) is 0 Å². The molecule has 20 heavy (non-hydrogen) atoms. The maximum Gasteiger partial charge on any atom is 0.159 e. The van der Waals surface area contributed by atoms with Gasteiger partial charge < -0.3 is 4.57 Å². The van der Waals surface area contributed by atoms with Crippen molar-refractivity contribution in [3.8, 4) is 6.07 Å². The van der Waals surface area contributed by atoms with Crippen molar-refractivity contribution < 1.29 is 8.42 Å². The van der Waals surface area contributed by atoms with E-state index in [1.165, 1.54) is 6.26 Å². The molecule has 0 saturated heterocycles. The number of nitriles is 1. The number of rotatable bonds is 3. The second kappa shape index (κ2) is 4.60. The molecule has 0 aliphatic carbocycles. The highest BCUT2D eigenvalue weighted by atomic mass is 32.2. The summed E-state index contributed by atoms with van der Waals surface area (Å²) in [6.07, 6.45) is 1.22. The zero-order valence-corrected chi connectivity index (χ0v) is 12.8. The van der Waals surface area contributed by atoms with E-state index >= 15 is 0 Å². The van der Waals surface area contributed by atoms with Crippen LogP contribution in [0.5, 0.6) is 0 Å². The van der Waals surface area contributed by atoms with Crippen LogP contribution in [-0.2, 0) is 21.1 Å². The second-order valence-corrected chi connectivity index (χ2v) is 7.84. The van der Waals surface area contributed by atoms with Gasteiger partial charge in [-0.3, -0.25) is 0 Å². The van der Waals surface area contributed by atoms with E-state index in [0.29, 0.717) is 23.4 Å². The van der Waals surface area contributed by atoms with Gasteiger partial charge in [0.15, 0.2) is 9.84 Å². The summed E-state index contributed by atoms with van der Waals surface area (Å²) in [7, 11) is -3.30. The largest absolute Gasteiger partial charge is 0.327 e. The number of sulfone groups is 1. The van der Waals surface area contributed by atoms with Crippen LogP contribution in [0, 0.1) is 11.3 Å². The minimum atomic E-state index is -3.30. The van der Waals surface area contributed by atoms with E-state index in [1.807, 2.05) is 17.6 Å². The molecule has 1 aromatic heterocycles. The average molecular weight is 291 g/mol. The van der Waals surface area contributed by atoms with E-state index in [0.717, 1.165) is 5.52 Å². The molecular weight excluding hydrogens is 274 g/mol. The lowest BCUT2D eigenvalue weighted by molar-refractivity contribution is 0.536. The van der Waals surface area contributed by atoms with E-state index in [9.17, 15) is 8.42 Å². The standard InChI is InChI=1S/C14H17N3O2S/c1-5-17-12-7-6-10(9-15)8-11(12)16-13(17)14(2,3)20(4,18)19/h6-8H,5H2,1-4H3. The SMILES string of the molecule is CCn1c(C(C)(C)S(C)(=O)=O)nc2cc(C#N)ccc21. The van der Waals surface area contributed by atoms with E-state index in [4.69, 9.17) is 5.26 Å². The highest BCUT2D eigenvalue weighted by Gasteiger charge is 2.37. The van der Waals surface area contributed by atoms with Crippen LogP contribution in [0.25, 0.3) is 11.0 Å². The van der Waals surface area contributed by atoms with Crippen molar-refractivity contribution in [1.82, 2.24) is 9.55 Å². The fraction of sp³-hybridized carbons (Fsp3) is 0.429. The maximum absolute atomic E-state index is 12.0. The molecular formula is C14H17N3O2S. The quantitative estimate of drug-likeness (QED) is 0.868. The molecule has 0 spiro atoms. The molecule has 0 bridgehead atoms. The third-order valence-electron chi connectivity index (χ3n) is 3.66. The maximum atomic E-state index is 12.0. The van der Waals surface area contributed by atoms with Gasteiger partial charge in [-0.15, -0.1) is 0 Å². The van der Waals surface area contributed by atoms with Gasteiger partial charge in [-0.05, 0) is 39.0 Å². The summed E-state index contributed by atoms with van der Waals surface area (Å²) in [6, 6.07) is 7.28. The second-order valence-electron chi connectivity index (χ2n) is 5.28. The fourth-order valence-corrected chi connectivity index (χ4v) is 2.63. The van der Waals surface area contributed by atoms with Gasteiger partial charge in [0.25, 0.3) is 0 Å². The van der Waals surface area contributed by atoms with Crippen LogP contribution in [0.3, 0.4) is 0 Å². The molecule has 0 fully saturated rings. The smallest absolute Gasteiger partial charge is 0.159 e. The first-order chi connectivity index (χ1) is 9.22. The Kier molecular flexibility index (Phi) is 3.34. The first kappa shape index (κ1) is 14.5. The number of imidazole rings is 1. The Balaban J connectivity index is 2.81. The van der Waals surface area contributed by atoms with Crippen molar-refractivity contribution >= 4 is 20.9 Å². The Morgan fingerprint density at radius 2 is 2.05 bits per heavy atom. The molecule has 0 saturated carbocycles. The number of hydrogen-bond acceptors (Lipinski definition) is 4. The van der Waals surface area contributed by atoms with Crippen LogP contribution in [0.15, 0.2) is 18.2 Å². The normalized spacial score (nSPS) is 12.6. The third-order valence-corrected chi connectivity index (χ3v) is 5.70. The van der Waals surface area contributed by atoms with Crippen LogP contribution < -0.4 is 0 Å². The first-order valence-electron chi connectivity index (χ1n) is 6.33. The molecule has 1 heterocycles. The molecule has 106 valence electrons. The zero-order chi connectivity index (χ0) is 15.1. The zero-order valence-electron chi connectivity index (χ0n) is 12.0. The summed E-state index contributed by atoms with van der Waals surface area (Å²) in [5.74, 6) is 0.507. The molecule has 1 aromatic carbocycles. The number of fused-ring (bicyclic) bond motifs is 1. The Morgan fingerprint density at radius 3 is 2.55 bits per heavy atom. The molecule has 0 unspecified atom stereocenters. The number of benzene rings is 1. The van der Waals surface area contributed by atoms with E-state index in [2.05, 4.69) is 11.1 Å². The fourth-order valence-electron chi connectivity index (χ4n) is 2.14. The van der Waals surface area contributed by atoms with Crippen molar-refractivity contribution in [2.24, 2.45) is 0 Å². The molecule has 5 nitrogen and oxygen atoms in total. The van der Waals surface area contributed by atoms with Gasteiger partial charge >= 0.3 is 0 Å². The number of aromatic nitrogens is 2. The molecule has 0 aliphatic heterocycles. The topological polar surface area (TPSA) is 75.8 Å². The molecule has 0 N–H and O–H groups in total. The minimum Gasteiger partial charge on any atom is -0.327 e.